The molecule has 0 spiro atoms. The van der Waals surface area contributed by atoms with Crippen LogP contribution < -0.4 is 15.8 Å². The molecule has 7 N–H and O–H groups in total. The minimum atomic E-state index is -1.60. The van der Waals surface area contributed by atoms with Gasteiger partial charge in [-0.1, -0.05) is 12.1 Å². The number of ketones is 1. The zero-order valence-corrected chi connectivity index (χ0v) is 19.3. The van der Waals surface area contributed by atoms with Gasteiger partial charge in [-0.05, 0) is 37.6 Å². The number of benzene rings is 2. The van der Waals surface area contributed by atoms with Gasteiger partial charge >= 0.3 is 11.9 Å². The van der Waals surface area contributed by atoms with Gasteiger partial charge in [0.2, 0.25) is 5.78 Å². The van der Waals surface area contributed by atoms with Crippen molar-refractivity contribution in [2.24, 2.45) is 5.73 Å². The Morgan fingerprint density at radius 3 is 2.53 bits per heavy atom. The number of carbonyl (C=O) groups is 4. The van der Waals surface area contributed by atoms with E-state index in [2.05, 4.69) is 15.3 Å². The van der Waals surface area contributed by atoms with Crippen LogP contribution in [-0.2, 0) is 20.8 Å². The molecule has 0 aliphatic carbocycles. The number of amidine groups is 1. The number of rotatable bonds is 12. The molecule has 1 aromatic heterocycles. The van der Waals surface area contributed by atoms with Gasteiger partial charge in [0, 0.05) is 29.5 Å². The van der Waals surface area contributed by atoms with E-state index in [1.54, 1.807) is 25.1 Å². The van der Waals surface area contributed by atoms with Crippen molar-refractivity contribution >= 4 is 40.5 Å². The lowest BCUT2D eigenvalue weighted by Crippen LogP contribution is -2.39. The number of carboxylic acids is 2. The Bertz CT molecular complexity index is 1350. The number of fused-ring (bicyclic) bond motifs is 1. The number of Topliss-reactive ketones (excluding diaryl/α,β-unsaturated/α-hetero) is 1. The van der Waals surface area contributed by atoms with E-state index in [9.17, 15) is 19.2 Å². The number of hydrogen-bond acceptors (Lipinski definition) is 7. The summed E-state index contributed by atoms with van der Waals surface area (Å²) in [6.45, 7) is 1.61. The van der Waals surface area contributed by atoms with E-state index in [0.717, 1.165) is 0 Å². The Labute approximate surface area is 205 Å². The Morgan fingerprint density at radius 2 is 1.86 bits per heavy atom. The highest BCUT2D eigenvalue weighted by Gasteiger charge is 2.20. The number of aryl methyl sites for hydroxylation is 1. The number of imidazole rings is 1. The Morgan fingerprint density at radius 1 is 1.14 bits per heavy atom. The highest BCUT2D eigenvalue weighted by Crippen LogP contribution is 2.22. The highest BCUT2D eigenvalue weighted by atomic mass is 16.5. The van der Waals surface area contributed by atoms with Gasteiger partial charge in [0.05, 0.1) is 17.1 Å². The number of amides is 1. The molecule has 3 rings (SSSR count). The van der Waals surface area contributed by atoms with Gasteiger partial charge in [0.15, 0.2) is 0 Å². The standard InChI is InChI=1S/C24H25N5O7/c1-12-27-17-6-4-15(8-18(17)28-12)23(33)29-16(5-7-21(31)32)11-36-20-10-14(22(25)26)3-2-13(20)9-19(30)24(34)35/h2-4,6,8,10,16H,5,7,9,11H2,1H3,(H3,25,26)(H,27,28)(H,29,33)(H,31,32)(H,34,35)/t16-/m1/s1. The third-order valence-corrected chi connectivity index (χ3v) is 5.31. The molecule has 36 heavy (non-hydrogen) atoms. The lowest BCUT2D eigenvalue weighted by Gasteiger charge is -2.20. The average molecular weight is 495 g/mol. The molecule has 12 heteroatoms. The summed E-state index contributed by atoms with van der Waals surface area (Å²) in [7, 11) is 0. The second-order valence-electron chi connectivity index (χ2n) is 8.11. The third kappa shape index (κ3) is 6.65. The van der Waals surface area contributed by atoms with Gasteiger partial charge in [-0.25, -0.2) is 9.78 Å². The fourth-order valence-electron chi connectivity index (χ4n) is 3.48. The maximum atomic E-state index is 12.9. The Balaban J connectivity index is 1.80. The number of nitrogens with zero attached hydrogens (tertiary/aromatic N) is 1. The van der Waals surface area contributed by atoms with Crippen molar-refractivity contribution in [1.82, 2.24) is 15.3 Å². The number of carbonyl (C=O) groups excluding carboxylic acids is 2. The van der Waals surface area contributed by atoms with Gasteiger partial charge in [-0.3, -0.25) is 19.8 Å². The number of nitrogens with two attached hydrogens (primary N) is 1. The van der Waals surface area contributed by atoms with Gasteiger partial charge in [0.25, 0.3) is 5.91 Å². The number of aromatic nitrogens is 2. The fraction of sp³-hybridized carbons (Fsp3) is 0.250. The van der Waals surface area contributed by atoms with Crippen LogP contribution in [0.1, 0.15) is 40.2 Å². The number of carboxylic acid groups (broad SMARTS) is 2. The molecule has 0 fully saturated rings. The SMILES string of the molecule is Cc1nc2ccc(C(=O)N[C@H](CCC(=O)O)COc3cc(C(=N)N)ccc3CC(=O)C(=O)O)cc2[nH]1. The van der Waals surface area contributed by atoms with Crippen LogP contribution in [-0.4, -0.2) is 62.3 Å². The van der Waals surface area contributed by atoms with Crippen molar-refractivity contribution in [2.75, 3.05) is 6.61 Å². The molecular formula is C24H25N5O7. The van der Waals surface area contributed by atoms with Crippen LogP contribution in [0, 0.1) is 12.3 Å². The van der Waals surface area contributed by atoms with E-state index >= 15 is 0 Å². The normalized spacial score (nSPS) is 11.6. The zero-order chi connectivity index (χ0) is 26.4. The first-order chi connectivity index (χ1) is 17.0. The van der Waals surface area contributed by atoms with Crippen LogP contribution in [0.15, 0.2) is 36.4 Å². The predicted molar refractivity (Wildman–Crippen MR) is 128 cm³/mol. The van der Waals surface area contributed by atoms with Crippen LogP contribution in [0.25, 0.3) is 11.0 Å². The molecule has 0 saturated heterocycles. The Hall–Kier alpha value is -4.74. The number of hydrogen-bond donors (Lipinski definition) is 6. The molecule has 0 aliphatic rings. The van der Waals surface area contributed by atoms with Crippen molar-refractivity contribution in [2.45, 2.75) is 32.2 Å². The molecule has 1 amide bonds. The minimum Gasteiger partial charge on any atom is -0.491 e. The summed E-state index contributed by atoms with van der Waals surface area (Å²) in [5.41, 5.74) is 7.76. The number of ether oxygens (including phenoxy) is 1. The van der Waals surface area contributed by atoms with Gasteiger partial charge < -0.3 is 31.0 Å². The molecule has 3 aromatic rings. The average Bonchev–Trinajstić information content (AvgIpc) is 3.20. The van der Waals surface area contributed by atoms with Crippen molar-refractivity contribution in [3.8, 4) is 5.75 Å². The van der Waals surface area contributed by atoms with Crippen molar-refractivity contribution in [3.05, 3.63) is 58.9 Å². The molecular weight excluding hydrogens is 470 g/mol. The van der Waals surface area contributed by atoms with Crippen molar-refractivity contribution in [3.63, 3.8) is 0 Å². The monoisotopic (exact) mass is 495 g/mol. The first kappa shape index (κ1) is 25.9. The number of H-pyrrole nitrogens is 1. The molecule has 1 heterocycles. The molecule has 0 radical (unpaired) electrons. The number of aromatic amines is 1. The lowest BCUT2D eigenvalue weighted by molar-refractivity contribution is -0.148. The van der Waals surface area contributed by atoms with E-state index < -0.39 is 36.1 Å². The summed E-state index contributed by atoms with van der Waals surface area (Å²) in [5.74, 6) is -3.65. The third-order valence-electron chi connectivity index (χ3n) is 5.31. The van der Waals surface area contributed by atoms with Gasteiger partial charge in [-0.2, -0.15) is 0 Å². The second-order valence-corrected chi connectivity index (χ2v) is 8.11. The van der Waals surface area contributed by atoms with E-state index in [1.165, 1.54) is 18.2 Å². The smallest absolute Gasteiger partial charge is 0.372 e. The van der Waals surface area contributed by atoms with Crippen LogP contribution >= 0.6 is 0 Å². The molecule has 0 saturated carbocycles. The summed E-state index contributed by atoms with van der Waals surface area (Å²) >= 11 is 0. The lowest BCUT2D eigenvalue weighted by atomic mass is 10.0. The maximum Gasteiger partial charge on any atom is 0.372 e. The van der Waals surface area contributed by atoms with E-state index in [1.807, 2.05) is 0 Å². The number of aliphatic carboxylic acids is 2. The van der Waals surface area contributed by atoms with Gasteiger partial charge in [0.1, 0.15) is 24.0 Å². The zero-order valence-electron chi connectivity index (χ0n) is 19.3. The predicted octanol–water partition coefficient (Wildman–Crippen LogP) is 1.39. The Kier molecular flexibility index (Phi) is 8.00. The van der Waals surface area contributed by atoms with Crippen LogP contribution in [0.4, 0.5) is 0 Å². The van der Waals surface area contributed by atoms with E-state index in [-0.39, 0.29) is 42.2 Å². The van der Waals surface area contributed by atoms with Crippen LogP contribution in [0.3, 0.4) is 0 Å². The molecule has 188 valence electrons. The quantitative estimate of drug-likeness (QED) is 0.122. The largest absolute Gasteiger partial charge is 0.491 e. The van der Waals surface area contributed by atoms with E-state index in [0.29, 0.717) is 22.4 Å². The van der Waals surface area contributed by atoms with Crippen LogP contribution in [0.2, 0.25) is 0 Å². The number of nitrogen functional groups attached to an aromatic ring is 1. The first-order valence-corrected chi connectivity index (χ1v) is 10.9. The molecule has 0 unspecified atom stereocenters. The minimum absolute atomic E-state index is 0.0439. The molecule has 2 aromatic carbocycles. The summed E-state index contributed by atoms with van der Waals surface area (Å²) in [4.78, 5) is 54.1. The van der Waals surface area contributed by atoms with Gasteiger partial charge in [-0.15, -0.1) is 0 Å². The first-order valence-electron chi connectivity index (χ1n) is 10.9. The second kappa shape index (κ2) is 11.1. The van der Waals surface area contributed by atoms with Crippen LogP contribution in [0.5, 0.6) is 5.75 Å². The highest BCUT2D eigenvalue weighted by molar-refractivity contribution is 6.33. The molecule has 12 nitrogen and oxygen atoms in total. The maximum absolute atomic E-state index is 12.9. The molecule has 0 aliphatic heterocycles. The summed E-state index contributed by atoms with van der Waals surface area (Å²) < 4.78 is 5.79. The molecule has 1 atom stereocenters. The van der Waals surface area contributed by atoms with Crippen molar-refractivity contribution in [1.29, 1.82) is 5.41 Å². The summed E-state index contributed by atoms with van der Waals surface area (Å²) in [5, 5.41) is 28.4. The summed E-state index contributed by atoms with van der Waals surface area (Å²) in [6, 6.07) is 8.45. The molecule has 0 bridgehead atoms. The van der Waals surface area contributed by atoms with E-state index in [4.69, 9.17) is 26.1 Å². The fourth-order valence-corrected chi connectivity index (χ4v) is 3.48. The summed E-state index contributed by atoms with van der Waals surface area (Å²) in [6.07, 6.45) is -0.661. The number of nitrogens with one attached hydrogen (secondary N) is 3. The van der Waals surface area contributed by atoms with Crippen molar-refractivity contribution < 1.29 is 34.1 Å². The topological polar surface area (TPSA) is 209 Å².